The smallest absolute Gasteiger partial charge is 0.303 e. The fourth-order valence-electron chi connectivity index (χ4n) is 1.44. The molecule has 0 atom stereocenters. The van der Waals surface area contributed by atoms with Gasteiger partial charge >= 0.3 is 5.97 Å². The lowest BCUT2D eigenvalue weighted by Gasteiger charge is -1.99. The standard InChI is InChI=1S/C10H11N3O2/c1-13-10-7(6-11-13)2-3-8(12-10)4-5-9(14)15/h2-3,6H,4-5H2,1H3,(H,14,15). The van der Waals surface area contributed by atoms with Crippen LogP contribution in [0.25, 0.3) is 11.0 Å². The van der Waals surface area contributed by atoms with E-state index in [1.807, 2.05) is 19.2 Å². The number of aromatic nitrogens is 3. The maximum absolute atomic E-state index is 10.4. The fourth-order valence-corrected chi connectivity index (χ4v) is 1.44. The molecule has 0 spiro atoms. The molecular weight excluding hydrogens is 194 g/mol. The highest BCUT2D eigenvalue weighted by atomic mass is 16.4. The Kier molecular flexibility index (Phi) is 2.37. The molecule has 0 fully saturated rings. The van der Waals surface area contributed by atoms with Crippen molar-refractivity contribution in [3.63, 3.8) is 0 Å². The molecule has 5 nitrogen and oxygen atoms in total. The van der Waals surface area contributed by atoms with E-state index in [1.165, 1.54) is 0 Å². The summed E-state index contributed by atoms with van der Waals surface area (Å²) in [5.74, 6) is -0.804. The van der Waals surface area contributed by atoms with E-state index in [-0.39, 0.29) is 6.42 Å². The highest BCUT2D eigenvalue weighted by Crippen LogP contribution is 2.11. The van der Waals surface area contributed by atoms with Gasteiger partial charge in [0, 0.05) is 24.5 Å². The summed E-state index contributed by atoms with van der Waals surface area (Å²) in [6.07, 6.45) is 2.30. The lowest BCUT2D eigenvalue weighted by atomic mass is 10.2. The molecule has 0 aliphatic heterocycles. The Hall–Kier alpha value is -1.91. The van der Waals surface area contributed by atoms with Gasteiger partial charge in [-0.3, -0.25) is 9.48 Å². The van der Waals surface area contributed by atoms with Crippen LogP contribution in [0.15, 0.2) is 18.3 Å². The van der Waals surface area contributed by atoms with Crippen LogP contribution in [0.2, 0.25) is 0 Å². The molecule has 78 valence electrons. The molecule has 0 aliphatic rings. The number of hydrogen-bond donors (Lipinski definition) is 1. The zero-order valence-corrected chi connectivity index (χ0v) is 8.34. The molecule has 5 heteroatoms. The number of carbonyl (C=O) groups is 1. The number of carboxylic acid groups (broad SMARTS) is 1. The summed E-state index contributed by atoms with van der Waals surface area (Å²) in [5.41, 5.74) is 1.58. The Labute approximate surface area is 86.4 Å². The van der Waals surface area contributed by atoms with Crippen LogP contribution < -0.4 is 0 Å². The van der Waals surface area contributed by atoms with Gasteiger partial charge in [0.05, 0.1) is 12.6 Å². The van der Waals surface area contributed by atoms with Crippen LogP contribution in [-0.4, -0.2) is 25.8 Å². The van der Waals surface area contributed by atoms with Crippen LogP contribution in [0.1, 0.15) is 12.1 Å². The van der Waals surface area contributed by atoms with E-state index in [4.69, 9.17) is 5.11 Å². The van der Waals surface area contributed by atoms with Gasteiger partial charge in [-0.1, -0.05) is 0 Å². The molecule has 1 N–H and O–H groups in total. The van der Waals surface area contributed by atoms with Crippen molar-refractivity contribution < 1.29 is 9.90 Å². The number of rotatable bonds is 3. The zero-order valence-electron chi connectivity index (χ0n) is 8.34. The highest BCUT2D eigenvalue weighted by molar-refractivity contribution is 5.74. The number of hydrogen-bond acceptors (Lipinski definition) is 3. The molecule has 2 heterocycles. The Morgan fingerprint density at radius 2 is 2.33 bits per heavy atom. The molecule has 0 radical (unpaired) electrons. The third kappa shape index (κ3) is 1.96. The van der Waals surface area contributed by atoms with Gasteiger partial charge in [0.1, 0.15) is 0 Å². The van der Waals surface area contributed by atoms with Crippen LogP contribution in [0, 0.1) is 0 Å². The van der Waals surface area contributed by atoms with Crippen molar-refractivity contribution >= 4 is 17.0 Å². The summed E-state index contributed by atoms with van der Waals surface area (Å²) in [6, 6.07) is 3.75. The molecular formula is C10H11N3O2. The van der Waals surface area contributed by atoms with Crippen LogP contribution >= 0.6 is 0 Å². The summed E-state index contributed by atoms with van der Waals surface area (Å²) in [7, 11) is 1.82. The molecule has 0 aliphatic carbocycles. The Morgan fingerprint density at radius 1 is 1.53 bits per heavy atom. The lowest BCUT2D eigenvalue weighted by molar-refractivity contribution is -0.136. The molecule has 15 heavy (non-hydrogen) atoms. The first kappa shape index (κ1) is 9.64. The monoisotopic (exact) mass is 205 g/mol. The average Bonchev–Trinajstić information content (AvgIpc) is 2.57. The number of aliphatic carboxylic acids is 1. The Bertz CT molecular complexity index is 504. The van der Waals surface area contributed by atoms with Crippen molar-refractivity contribution in [2.75, 3.05) is 0 Å². The second kappa shape index (κ2) is 3.68. The summed E-state index contributed by atoms with van der Waals surface area (Å²) >= 11 is 0. The van der Waals surface area contributed by atoms with Crippen molar-refractivity contribution in [2.45, 2.75) is 12.8 Å². The zero-order chi connectivity index (χ0) is 10.8. The third-order valence-corrected chi connectivity index (χ3v) is 2.23. The van der Waals surface area contributed by atoms with Gasteiger partial charge in [-0.05, 0) is 12.1 Å². The summed E-state index contributed by atoms with van der Waals surface area (Å²) in [4.78, 5) is 14.8. The molecule has 0 saturated heterocycles. The minimum Gasteiger partial charge on any atom is -0.481 e. The predicted octanol–water partition coefficient (Wildman–Crippen LogP) is 0.985. The predicted molar refractivity (Wildman–Crippen MR) is 54.5 cm³/mol. The van der Waals surface area contributed by atoms with Gasteiger partial charge < -0.3 is 5.11 Å². The normalized spacial score (nSPS) is 10.7. The minimum atomic E-state index is -0.804. The van der Waals surface area contributed by atoms with Crippen LogP contribution in [0.5, 0.6) is 0 Å². The number of carboxylic acids is 1. The molecule has 0 unspecified atom stereocenters. The van der Waals surface area contributed by atoms with Crippen molar-refractivity contribution in [2.24, 2.45) is 7.05 Å². The van der Waals surface area contributed by atoms with Crippen LogP contribution in [0.3, 0.4) is 0 Å². The third-order valence-electron chi connectivity index (χ3n) is 2.23. The molecule has 0 amide bonds. The van der Waals surface area contributed by atoms with Crippen LogP contribution in [-0.2, 0) is 18.3 Å². The van der Waals surface area contributed by atoms with Gasteiger partial charge in [-0.2, -0.15) is 5.10 Å². The molecule has 2 aromatic rings. The SMILES string of the molecule is Cn1ncc2ccc(CCC(=O)O)nc21. The number of nitrogens with zero attached hydrogens (tertiary/aromatic N) is 3. The van der Waals surface area contributed by atoms with Gasteiger partial charge in [0.2, 0.25) is 0 Å². The maximum Gasteiger partial charge on any atom is 0.303 e. The number of fused-ring (bicyclic) bond motifs is 1. The van der Waals surface area contributed by atoms with E-state index in [2.05, 4.69) is 10.1 Å². The topological polar surface area (TPSA) is 68.0 Å². The molecule has 2 aromatic heterocycles. The quantitative estimate of drug-likeness (QED) is 0.811. The van der Waals surface area contributed by atoms with E-state index in [0.717, 1.165) is 16.7 Å². The Balaban J connectivity index is 2.29. The summed E-state index contributed by atoms with van der Waals surface area (Å²) in [5, 5.41) is 13.6. The summed E-state index contributed by atoms with van der Waals surface area (Å²) in [6.45, 7) is 0. The first-order valence-corrected chi connectivity index (χ1v) is 4.66. The van der Waals surface area contributed by atoms with Crippen molar-refractivity contribution in [3.8, 4) is 0 Å². The van der Waals surface area contributed by atoms with E-state index in [9.17, 15) is 4.79 Å². The number of aryl methyl sites for hydroxylation is 2. The molecule has 2 rings (SSSR count). The highest BCUT2D eigenvalue weighted by Gasteiger charge is 2.04. The van der Waals surface area contributed by atoms with Gasteiger partial charge in [0.15, 0.2) is 5.65 Å². The van der Waals surface area contributed by atoms with Gasteiger partial charge in [-0.25, -0.2) is 4.98 Å². The average molecular weight is 205 g/mol. The van der Waals surface area contributed by atoms with E-state index < -0.39 is 5.97 Å². The van der Waals surface area contributed by atoms with Gasteiger partial charge in [-0.15, -0.1) is 0 Å². The largest absolute Gasteiger partial charge is 0.481 e. The second-order valence-corrected chi connectivity index (χ2v) is 3.38. The van der Waals surface area contributed by atoms with E-state index >= 15 is 0 Å². The van der Waals surface area contributed by atoms with E-state index in [0.29, 0.717) is 6.42 Å². The molecule has 0 bridgehead atoms. The van der Waals surface area contributed by atoms with Gasteiger partial charge in [0.25, 0.3) is 0 Å². The van der Waals surface area contributed by atoms with Crippen molar-refractivity contribution in [1.82, 2.24) is 14.8 Å². The minimum absolute atomic E-state index is 0.107. The van der Waals surface area contributed by atoms with E-state index in [1.54, 1.807) is 10.9 Å². The molecule has 0 aromatic carbocycles. The first-order valence-electron chi connectivity index (χ1n) is 4.66. The second-order valence-electron chi connectivity index (χ2n) is 3.38. The maximum atomic E-state index is 10.4. The van der Waals surface area contributed by atoms with Crippen LogP contribution in [0.4, 0.5) is 0 Å². The Morgan fingerprint density at radius 3 is 3.07 bits per heavy atom. The first-order chi connectivity index (χ1) is 7.16. The molecule has 0 saturated carbocycles. The summed E-state index contributed by atoms with van der Waals surface area (Å²) < 4.78 is 1.68. The lowest BCUT2D eigenvalue weighted by Crippen LogP contribution is -2.00. The van der Waals surface area contributed by atoms with Crippen molar-refractivity contribution in [3.05, 3.63) is 24.0 Å². The van der Waals surface area contributed by atoms with Crippen molar-refractivity contribution in [1.29, 1.82) is 0 Å². The fraction of sp³-hybridized carbons (Fsp3) is 0.300. The number of pyridine rings is 1.